The molecule has 0 spiro atoms. The zero-order valence-electron chi connectivity index (χ0n) is 9.20. The van der Waals surface area contributed by atoms with Crippen LogP contribution in [0.1, 0.15) is 18.4 Å². The molecule has 0 unspecified atom stereocenters. The third-order valence-electron chi connectivity index (χ3n) is 2.21. The lowest BCUT2D eigenvalue weighted by Gasteiger charge is -2.06. The van der Waals surface area contributed by atoms with Crippen LogP contribution in [0.5, 0.6) is 5.75 Å². The van der Waals surface area contributed by atoms with E-state index in [1.807, 2.05) is 0 Å². The predicted octanol–water partition coefficient (Wildman–Crippen LogP) is 2.43. The Kier molecular flexibility index (Phi) is 4.76. The first-order valence-electron chi connectivity index (χ1n) is 4.88. The van der Waals surface area contributed by atoms with Gasteiger partial charge in [0.2, 0.25) is 0 Å². The number of hydrogen-bond donors (Lipinski definition) is 1. The van der Waals surface area contributed by atoms with Crippen molar-refractivity contribution in [3.05, 3.63) is 28.8 Å². The zero-order chi connectivity index (χ0) is 12.8. The van der Waals surface area contributed by atoms with Gasteiger partial charge in [0, 0.05) is 5.57 Å². The Balaban J connectivity index is 2.94. The van der Waals surface area contributed by atoms with Crippen LogP contribution in [0, 0.1) is 0 Å². The number of aliphatic carboxylic acids is 1. The van der Waals surface area contributed by atoms with Crippen molar-refractivity contribution < 1.29 is 19.4 Å². The number of carbonyl (C=O) groups is 1. The first kappa shape index (κ1) is 13.3. The Hall–Kier alpha value is -1.77. The van der Waals surface area contributed by atoms with Gasteiger partial charge in [-0.25, -0.2) is 4.79 Å². The van der Waals surface area contributed by atoms with Gasteiger partial charge in [-0.05, 0) is 24.1 Å². The van der Waals surface area contributed by atoms with Crippen molar-refractivity contribution in [2.45, 2.75) is 12.8 Å². The molecule has 5 heteroatoms. The number of carbonyl (C=O) groups excluding carboxylic acids is 1. The van der Waals surface area contributed by atoms with E-state index in [-0.39, 0.29) is 18.4 Å². The Morgan fingerprint density at radius 2 is 2.18 bits per heavy atom. The Morgan fingerprint density at radius 3 is 2.65 bits per heavy atom. The van der Waals surface area contributed by atoms with Crippen molar-refractivity contribution in [2.24, 2.45) is 0 Å². The quantitative estimate of drug-likeness (QED) is 0.820. The molecule has 0 aliphatic carbocycles. The molecule has 0 saturated heterocycles. The first-order chi connectivity index (χ1) is 8.08. The SMILES string of the molecule is COc1ccc(C(=C=O)CCC(=O)O)cc1Cl. The summed E-state index contributed by atoms with van der Waals surface area (Å²) in [6.45, 7) is 0. The smallest absolute Gasteiger partial charge is 0.303 e. The van der Waals surface area contributed by atoms with Gasteiger partial charge in [-0.2, -0.15) is 0 Å². The second-order valence-corrected chi connectivity index (χ2v) is 3.73. The van der Waals surface area contributed by atoms with Gasteiger partial charge in [-0.1, -0.05) is 17.7 Å². The number of carboxylic acids is 1. The Labute approximate surface area is 103 Å². The summed E-state index contributed by atoms with van der Waals surface area (Å²) in [6, 6.07) is 4.82. The van der Waals surface area contributed by atoms with E-state index < -0.39 is 5.97 Å². The second-order valence-electron chi connectivity index (χ2n) is 3.32. The lowest BCUT2D eigenvalue weighted by molar-refractivity contribution is -0.136. The summed E-state index contributed by atoms with van der Waals surface area (Å²) in [5.74, 6) is 1.28. The molecule has 0 amide bonds. The van der Waals surface area contributed by atoms with Crippen molar-refractivity contribution in [1.82, 2.24) is 0 Å². The molecule has 1 aromatic rings. The molecule has 17 heavy (non-hydrogen) atoms. The highest BCUT2D eigenvalue weighted by atomic mass is 35.5. The molecule has 0 aliphatic heterocycles. The first-order valence-corrected chi connectivity index (χ1v) is 5.26. The van der Waals surface area contributed by atoms with Gasteiger partial charge in [-0.3, -0.25) is 4.79 Å². The average molecular weight is 255 g/mol. The summed E-state index contributed by atoms with van der Waals surface area (Å²) in [5, 5.41) is 8.92. The molecule has 90 valence electrons. The predicted molar refractivity (Wildman–Crippen MR) is 64.0 cm³/mol. The summed E-state index contributed by atoms with van der Waals surface area (Å²) in [7, 11) is 1.49. The number of halogens is 1. The molecular formula is C12H11ClO4. The van der Waals surface area contributed by atoms with Crippen molar-refractivity contribution in [2.75, 3.05) is 7.11 Å². The van der Waals surface area contributed by atoms with E-state index in [0.717, 1.165) is 0 Å². The highest BCUT2D eigenvalue weighted by molar-refractivity contribution is 6.32. The lowest BCUT2D eigenvalue weighted by atomic mass is 10.0. The number of benzene rings is 1. The van der Waals surface area contributed by atoms with Crippen LogP contribution in [-0.2, 0) is 9.59 Å². The van der Waals surface area contributed by atoms with Crippen molar-refractivity contribution in [3.63, 3.8) is 0 Å². The maximum atomic E-state index is 10.8. The molecular weight excluding hydrogens is 244 g/mol. The fourth-order valence-corrected chi connectivity index (χ4v) is 1.60. The van der Waals surface area contributed by atoms with E-state index in [0.29, 0.717) is 16.3 Å². The number of methoxy groups -OCH3 is 1. The fourth-order valence-electron chi connectivity index (χ4n) is 1.34. The van der Waals surface area contributed by atoms with E-state index in [1.54, 1.807) is 24.1 Å². The van der Waals surface area contributed by atoms with E-state index >= 15 is 0 Å². The summed E-state index contributed by atoms with van der Waals surface area (Å²) < 4.78 is 4.98. The molecule has 0 saturated carbocycles. The van der Waals surface area contributed by atoms with Crippen molar-refractivity contribution >= 4 is 29.1 Å². The van der Waals surface area contributed by atoms with Crippen LogP contribution in [-0.4, -0.2) is 24.1 Å². The third-order valence-corrected chi connectivity index (χ3v) is 2.51. The van der Waals surface area contributed by atoms with Crippen LogP contribution in [0.15, 0.2) is 18.2 Å². The fraction of sp³-hybridized carbons (Fsp3) is 0.250. The molecule has 0 heterocycles. The highest BCUT2D eigenvalue weighted by Gasteiger charge is 2.09. The largest absolute Gasteiger partial charge is 0.495 e. The standard InChI is InChI=1S/C12H11ClO4/c1-17-11-4-2-8(6-10(11)13)9(7-14)3-5-12(15)16/h2,4,6H,3,5H2,1H3,(H,15,16). The zero-order valence-corrected chi connectivity index (χ0v) is 9.95. The highest BCUT2D eigenvalue weighted by Crippen LogP contribution is 2.28. The van der Waals surface area contributed by atoms with E-state index in [9.17, 15) is 9.59 Å². The monoisotopic (exact) mass is 254 g/mol. The number of allylic oxidation sites excluding steroid dienone is 1. The van der Waals surface area contributed by atoms with Crippen LogP contribution >= 0.6 is 11.6 Å². The van der Waals surface area contributed by atoms with Gasteiger partial charge < -0.3 is 9.84 Å². The summed E-state index contributed by atoms with van der Waals surface area (Å²) >= 11 is 5.91. The molecule has 0 atom stereocenters. The van der Waals surface area contributed by atoms with Crippen LogP contribution in [0.25, 0.3) is 5.57 Å². The van der Waals surface area contributed by atoms with Crippen molar-refractivity contribution in [1.29, 1.82) is 0 Å². The molecule has 0 aliphatic rings. The minimum absolute atomic E-state index is 0.117. The number of ether oxygens (including phenoxy) is 1. The molecule has 1 rings (SSSR count). The molecule has 1 aromatic carbocycles. The summed E-state index contributed by atoms with van der Waals surface area (Å²) in [6.07, 6.45) is 0.00964. The normalized spacial score (nSPS) is 9.53. The van der Waals surface area contributed by atoms with E-state index in [2.05, 4.69) is 0 Å². The van der Waals surface area contributed by atoms with E-state index in [4.69, 9.17) is 21.4 Å². The van der Waals surface area contributed by atoms with Gasteiger partial charge in [-0.15, -0.1) is 0 Å². The number of rotatable bonds is 5. The van der Waals surface area contributed by atoms with Gasteiger partial charge in [0.15, 0.2) is 0 Å². The maximum absolute atomic E-state index is 10.8. The summed E-state index contributed by atoms with van der Waals surface area (Å²) in [4.78, 5) is 21.2. The van der Waals surface area contributed by atoms with Crippen molar-refractivity contribution in [3.8, 4) is 5.75 Å². The van der Waals surface area contributed by atoms with Gasteiger partial charge in [0.1, 0.15) is 11.7 Å². The minimum Gasteiger partial charge on any atom is -0.495 e. The van der Waals surface area contributed by atoms with Crippen LogP contribution in [0.2, 0.25) is 5.02 Å². The topological polar surface area (TPSA) is 63.6 Å². The molecule has 1 N–H and O–H groups in total. The minimum atomic E-state index is -0.961. The molecule has 4 nitrogen and oxygen atoms in total. The van der Waals surface area contributed by atoms with E-state index in [1.165, 1.54) is 7.11 Å². The molecule has 0 bridgehead atoms. The van der Waals surface area contributed by atoms with Crippen LogP contribution in [0.4, 0.5) is 0 Å². The van der Waals surface area contributed by atoms with Crippen LogP contribution in [0.3, 0.4) is 0 Å². The molecule has 0 radical (unpaired) electrons. The van der Waals surface area contributed by atoms with Gasteiger partial charge in [0.25, 0.3) is 0 Å². The van der Waals surface area contributed by atoms with Gasteiger partial charge >= 0.3 is 5.97 Å². The number of carboxylic acid groups (broad SMARTS) is 1. The van der Waals surface area contributed by atoms with Gasteiger partial charge in [0.05, 0.1) is 18.6 Å². The van der Waals surface area contributed by atoms with Crippen LogP contribution < -0.4 is 4.74 Å². The summed E-state index contributed by atoms with van der Waals surface area (Å²) in [5.41, 5.74) is 0.851. The third kappa shape index (κ3) is 3.63. The second kappa shape index (κ2) is 6.09. The lowest BCUT2D eigenvalue weighted by Crippen LogP contribution is -1.96. The Bertz CT molecular complexity index is 475. The Morgan fingerprint density at radius 1 is 1.47 bits per heavy atom. The number of hydrogen-bond acceptors (Lipinski definition) is 3. The average Bonchev–Trinajstić information content (AvgIpc) is 2.29. The molecule has 0 fully saturated rings. The maximum Gasteiger partial charge on any atom is 0.303 e. The molecule has 0 aromatic heterocycles.